The van der Waals surface area contributed by atoms with Crippen molar-refractivity contribution in [3.63, 3.8) is 0 Å². The molecule has 0 saturated carbocycles. The van der Waals surface area contributed by atoms with Gasteiger partial charge >= 0.3 is 0 Å². The summed E-state index contributed by atoms with van der Waals surface area (Å²) in [6, 6.07) is 9.89. The van der Waals surface area contributed by atoms with E-state index in [0.717, 1.165) is 22.6 Å². The van der Waals surface area contributed by atoms with Crippen LogP contribution >= 0.6 is 0 Å². The van der Waals surface area contributed by atoms with Gasteiger partial charge in [0.05, 0.1) is 12.3 Å². The predicted molar refractivity (Wildman–Crippen MR) is 82.5 cm³/mol. The average molecular weight is 289 g/mol. The number of aliphatic hydroxyl groups excluding tert-OH is 1. The fraction of sp³-hybridized carbons (Fsp3) is 0.412. The zero-order valence-corrected chi connectivity index (χ0v) is 12.8. The standard InChI is InChI=1S/C17H23NO3/c1-12-6-7-13(2)17(9-12)21-11-15(19)10-18-14(3)16-5-4-8-20-16/h4-9,14-15,18-19H,10-11H2,1-3H3/t14-,15?/m1/s1. The lowest BCUT2D eigenvalue weighted by Crippen LogP contribution is -2.33. The molecule has 2 N–H and O–H groups in total. The molecular formula is C17H23NO3. The summed E-state index contributed by atoms with van der Waals surface area (Å²) < 4.78 is 11.0. The van der Waals surface area contributed by atoms with Crippen LogP contribution in [0.15, 0.2) is 41.0 Å². The van der Waals surface area contributed by atoms with Crippen molar-refractivity contribution in [1.29, 1.82) is 0 Å². The molecule has 0 radical (unpaired) electrons. The molecule has 2 rings (SSSR count). The van der Waals surface area contributed by atoms with Gasteiger partial charge in [0.25, 0.3) is 0 Å². The van der Waals surface area contributed by atoms with Crippen LogP contribution in [-0.4, -0.2) is 24.4 Å². The van der Waals surface area contributed by atoms with Crippen molar-refractivity contribution in [1.82, 2.24) is 5.32 Å². The Kier molecular flexibility index (Phi) is 5.42. The third kappa shape index (κ3) is 4.62. The van der Waals surface area contributed by atoms with Crippen molar-refractivity contribution in [3.05, 3.63) is 53.5 Å². The number of aliphatic hydroxyl groups is 1. The highest BCUT2D eigenvalue weighted by molar-refractivity contribution is 5.35. The summed E-state index contributed by atoms with van der Waals surface area (Å²) in [5.74, 6) is 1.69. The molecule has 1 heterocycles. The number of aryl methyl sites for hydroxylation is 2. The first-order valence-corrected chi connectivity index (χ1v) is 7.21. The van der Waals surface area contributed by atoms with Crippen LogP contribution in [0.1, 0.15) is 29.9 Å². The Labute approximate surface area is 125 Å². The van der Waals surface area contributed by atoms with Crippen LogP contribution in [-0.2, 0) is 0 Å². The van der Waals surface area contributed by atoms with Crippen molar-refractivity contribution in [2.45, 2.75) is 32.9 Å². The molecule has 0 fully saturated rings. The zero-order chi connectivity index (χ0) is 15.2. The second-order valence-corrected chi connectivity index (χ2v) is 5.38. The molecule has 4 heteroatoms. The van der Waals surface area contributed by atoms with E-state index < -0.39 is 6.10 Å². The molecule has 21 heavy (non-hydrogen) atoms. The third-order valence-electron chi connectivity index (χ3n) is 3.40. The molecule has 2 aromatic rings. The third-order valence-corrected chi connectivity index (χ3v) is 3.40. The lowest BCUT2D eigenvalue weighted by atomic mass is 10.1. The Morgan fingerprint density at radius 1 is 1.29 bits per heavy atom. The van der Waals surface area contributed by atoms with Gasteiger partial charge in [-0.15, -0.1) is 0 Å². The Bertz CT molecular complexity index is 551. The number of nitrogens with one attached hydrogen (secondary N) is 1. The molecule has 1 aromatic carbocycles. The highest BCUT2D eigenvalue weighted by atomic mass is 16.5. The van der Waals surface area contributed by atoms with Gasteiger partial charge in [0, 0.05) is 6.54 Å². The summed E-state index contributed by atoms with van der Waals surface area (Å²) in [7, 11) is 0. The van der Waals surface area contributed by atoms with E-state index in [4.69, 9.17) is 9.15 Å². The van der Waals surface area contributed by atoms with Crippen molar-refractivity contribution in [2.24, 2.45) is 0 Å². The minimum Gasteiger partial charge on any atom is -0.491 e. The van der Waals surface area contributed by atoms with Crippen molar-refractivity contribution < 1.29 is 14.3 Å². The van der Waals surface area contributed by atoms with Gasteiger partial charge < -0.3 is 19.6 Å². The summed E-state index contributed by atoms with van der Waals surface area (Å²) in [5, 5.41) is 13.2. The first-order valence-electron chi connectivity index (χ1n) is 7.21. The molecule has 4 nitrogen and oxygen atoms in total. The van der Waals surface area contributed by atoms with E-state index in [9.17, 15) is 5.11 Å². The number of ether oxygens (including phenoxy) is 1. The minimum atomic E-state index is -0.567. The quantitative estimate of drug-likeness (QED) is 0.823. The molecule has 2 atom stereocenters. The van der Waals surface area contributed by atoms with Crippen molar-refractivity contribution in [2.75, 3.05) is 13.2 Å². The number of furan rings is 1. The monoisotopic (exact) mass is 289 g/mol. The van der Waals surface area contributed by atoms with Crippen molar-refractivity contribution >= 4 is 0 Å². The summed E-state index contributed by atoms with van der Waals surface area (Å²) in [4.78, 5) is 0. The van der Waals surface area contributed by atoms with E-state index >= 15 is 0 Å². The van der Waals surface area contributed by atoms with Crippen LogP contribution in [0, 0.1) is 13.8 Å². The van der Waals surface area contributed by atoms with E-state index in [2.05, 4.69) is 5.32 Å². The first-order chi connectivity index (χ1) is 10.1. The number of hydrogen-bond acceptors (Lipinski definition) is 4. The minimum absolute atomic E-state index is 0.0651. The molecule has 114 valence electrons. The van der Waals surface area contributed by atoms with Crippen LogP contribution < -0.4 is 10.1 Å². The fourth-order valence-electron chi connectivity index (χ4n) is 2.06. The van der Waals surface area contributed by atoms with Gasteiger partial charge in [-0.05, 0) is 50.1 Å². The molecule has 0 amide bonds. The molecule has 0 aliphatic rings. The summed E-state index contributed by atoms with van der Waals surface area (Å²) in [5.41, 5.74) is 2.22. The molecule has 0 aliphatic heterocycles. The second-order valence-electron chi connectivity index (χ2n) is 5.38. The lowest BCUT2D eigenvalue weighted by molar-refractivity contribution is 0.103. The molecular weight excluding hydrogens is 266 g/mol. The molecule has 0 bridgehead atoms. The molecule has 1 aromatic heterocycles. The number of hydrogen-bond donors (Lipinski definition) is 2. The van der Waals surface area contributed by atoms with Crippen LogP contribution in [0.25, 0.3) is 0 Å². The SMILES string of the molecule is Cc1ccc(C)c(OCC(O)CN[C@H](C)c2ccco2)c1. The zero-order valence-electron chi connectivity index (χ0n) is 12.8. The van der Waals surface area contributed by atoms with Gasteiger partial charge in [-0.25, -0.2) is 0 Å². The highest BCUT2D eigenvalue weighted by Crippen LogP contribution is 2.19. The first kappa shape index (κ1) is 15.6. The Hall–Kier alpha value is -1.78. The Morgan fingerprint density at radius 3 is 2.81 bits per heavy atom. The number of benzene rings is 1. The topological polar surface area (TPSA) is 54.6 Å². The summed E-state index contributed by atoms with van der Waals surface area (Å²) >= 11 is 0. The smallest absolute Gasteiger partial charge is 0.122 e. The maximum atomic E-state index is 10.00. The van der Waals surface area contributed by atoms with Gasteiger partial charge in [-0.3, -0.25) is 0 Å². The molecule has 1 unspecified atom stereocenters. The number of rotatable bonds is 7. The maximum absolute atomic E-state index is 10.00. The van der Waals surface area contributed by atoms with Crippen LogP contribution in [0.4, 0.5) is 0 Å². The van der Waals surface area contributed by atoms with Gasteiger partial charge in [-0.2, -0.15) is 0 Å². The van der Waals surface area contributed by atoms with E-state index in [1.807, 2.05) is 51.1 Å². The summed E-state index contributed by atoms with van der Waals surface area (Å²) in [6.07, 6.45) is 1.08. The van der Waals surface area contributed by atoms with Crippen molar-refractivity contribution in [3.8, 4) is 5.75 Å². The molecule has 0 aliphatic carbocycles. The van der Waals surface area contributed by atoms with Crippen LogP contribution in [0.5, 0.6) is 5.75 Å². The predicted octanol–water partition coefficient (Wildman–Crippen LogP) is 2.99. The van der Waals surface area contributed by atoms with Gasteiger partial charge in [-0.1, -0.05) is 12.1 Å². The van der Waals surface area contributed by atoms with Gasteiger partial charge in [0.15, 0.2) is 0 Å². The van der Waals surface area contributed by atoms with Gasteiger partial charge in [0.1, 0.15) is 24.2 Å². The molecule has 0 saturated heterocycles. The Morgan fingerprint density at radius 2 is 2.10 bits per heavy atom. The largest absolute Gasteiger partial charge is 0.491 e. The van der Waals surface area contributed by atoms with Crippen LogP contribution in [0.3, 0.4) is 0 Å². The molecule has 0 spiro atoms. The van der Waals surface area contributed by atoms with E-state index in [1.165, 1.54) is 0 Å². The summed E-state index contributed by atoms with van der Waals surface area (Å²) in [6.45, 7) is 6.74. The Balaban J connectivity index is 1.77. The van der Waals surface area contributed by atoms with E-state index in [1.54, 1.807) is 6.26 Å². The van der Waals surface area contributed by atoms with E-state index in [-0.39, 0.29) is 12.6 Å². The second kappa shape index (κ2) is 7.29. The highest BCUT2D eigenvalue weighted by Gasteiger charge is 2.11. The average Bonchev–Trinajstić information content (AvgIpc) is 3.00. The maximum Gasteiger partial charge on any atom is 0.122 e. The lowest BCUT2D eigenvalue weighted by Gasteiger charge is -2.17. The normalized spacial score (nSPS) is 13.9. The van der Waals surface area contributed by atoms with E-state index in [0.29, 0.717) is 6.54 Å². The van der Waals surface area contributed by atoms with Crippen LogP contribution in [0.2, 0.25) is 0 Å². The fourth-order valence-corrected chi connectivity index (χ4v) is 2.06. The van der Waals surface area contributed by atoms with Gasteiger partial charge in [0.2, 0.25) is 0 Å².